The van der Waals surface area contributed by atoms with Gasteiger partial charge in [-0.1, -0.05) is 12.1 Å². The van der Waals surface area contributed by atoms with Crippen LogP contribution in [0.3, 0.4) is 0 Å². The van der Waals surface area contributed by atoms with Gasteiger partial charge in [-0.15, -0.1) is 0 Å². The van der Waals surface area contributed by atoms with Crippen LogP contribution in [0.2, 0.25) is 0 Å². The molecule has 0 spiro atoms. The summed E-state index contributed by atoms with van der Waals surface area (Å²) in [5.41, 5.74) is 1.39. The van der Waals surface area contributed by atoms with Crippen LogP contribution in [0.25, 0.3) is 0 Å². The average Bonchev–Trinajstić information content (AvgIpc) is 2.46. The fraction of sp³-hybridized carbons (Fsp3) is 0.188. The molecule has 3 nitrogen and oxygen atoms in total. The van der Waals surface area contributed by atoms with Crippen molar-refractivity contribution in [2.75, 3.05) is 7.05 Å². The molecule has 2 aromatic carbocycles. The number of aromatic hydroxyl groups is 1. The van der Waals surface area contributed by atoms with E-state index in [-0.39, 0.29) is 23.5 Å². The van der Waals surface area contributed by atoms with E-state index >= 15 is 0 Å². The molecule has 0 aliphatic carbocycles. The van der Waals surface area contributed by atoms with E-state index in [4.69, 9.17) is 0 Å². The molecular weight excluding hydrogens is 384 g/mol. The third-order valence-electron chi connectivity index (χ3n) is 3.44. The molecule has 21 heavy (non-hydrogen) atoms. The molecule has 1 amide bonds. The molecule has 0 aromatic heterocycles. The van der Waals surface area contributed by atoms with Crippen LogP contribution in [0.4, 0.5) is 4.39 Å². The Kier molecular flexibility index (Phi) is 4.82. The molecule has 0 saturated heterocycles. The van der Waals surface area contributed by atoms with Gasteiger partial charge in [0.15, 0.2) is 0 Å². The van der Waals surface area contributed by atoms with E-state index in [0.29, 0.717) is 9.13 Å². The number of hydrogen-bond donors (Lipinski definition) is 1. The molecule has 1 N–H and O–H groups in total. The number of phenols is 1. The second-order valence-electron chi connectivity index (χ2n) is 4.81. The van der Waals surface area contributed by atoms with Crippen LogP contribution in [0, 0.1) is 9.39 Å². The highest BCUT2D eigenvalue weighted by Crippen LogP contribution is 2.24. The van der Waals surface area contributed by atoms with Gasteiger partial charge < -0.3 is 10.0 Å². The molecule has 0 fully saturated rings. The molecular formula is C16H15FINO2. The Balaban J connectivity index is 2.24. The predicted octanol–water partition coefficient (Wildman–Crippen LogP) is 3.97. The lowest BCUT2D eigenvalue weighted by molar-refractivity contribution is 0.0741. The topological polar surface area (TPSA) is 40.5 Å². The number of nitrogens with zero attached hydrogens (tertiary/aromatic N) is 1. The van der Waals surface area contributed by atoms with Crippen LogP contribution in [-0.4, -0.2) is 23.0 Å². The molecule has 0 heterocycles. The third-order valence-corrected chi connectivity index (χ3v) is 4.33. The van der Waals surface area contributed by atoms with Crippen molar-refractivity contribution < 1.29 is 14.3 Å². The summed E-state index contributed by atoms with van der Waals surface area (Å²) in [5.74, 6) is -0.335. The van der Waals surface area contributed by atoms with Crippen molar-refractivity contribution in [1.29, 1.82) is 0 Å². The Morgan fingerprint density at radius 1 is 1.24 bits per heavy atom. The monoisotopic (exact) mass is 399 g/mol. The first-order chi connectivity index (χ1) is 9.90. The van der Waals surface area contributed by atoms with Gasteiger partial charge in [0.2, 0.25) is 0 Å². The van der Waals surface area contributed by atoms with Gasteiger partial charge in [-0.2, -0.15) is 0 Å². The van der Waals surface area contributed by atoms with Crippen molar-refractivity contribution >= 4 is 28.5 Å². The van der Waals surface area contributed by atoms with Gasteiger partial charge in [-0.25, -0.2) is 4.39 Å². The maximum atomic E-state index is 13.1. The zero-order chi connectivity index (χ0) is 15.6. The maximum Gasteiger partial charge on any atom is 0.255 e. The minimum absolute atomic E-state index is 0.154. The van der Waals surface area contributed by atoms with Gasteiger partial charge in [0.25, 0.3) is 5.91 Å². The van der Waals surface area contributed by atoms with E-state index < -0.39 is 0 Å². The first-order valence-electron chi connectivity index (χ1n) is 6.41. The highest BCUT2D eigenvalue weighted by Gasteiger charge is 2.20. The summed E-state index contributed by atoms with van der Waals surface area (Å²) in [4.78, 5) is 14.1. The van der Waals surface area contributed by atoms with E-state index in [2.05, 4.69) is 0 Å². The zero-order valence-corrected chi connectivity index (χ0v) is 13.8. The van der Waals surface area contributed by atoms with Gasteiger partial charge in [0.1, 0.15) is 11.6 Å². The summed E-state index contributed by atoms with van der Waals surface area (Å²) >= 11 is 1.96. The smallest absolute Gasteiger partial charge is 0.255 e. The van der Waals surface area contributed by atoms with E-state index in [0.717, 1.165) is 5.56 Å². The van der Waals surface area contributed by atoms with E-state index in [1.54, 1.807) is 36.2 Å². The Hall–Kier alpha value is -1.63. The summed E-state index contributed by atoms with van der Waals surface area (Å²) in [6.45, 7) is 1.90. The Morgan fingerprint density at radius 2 is 1.86 bits per heavy atom. The molecule has 110 valence electrons. The highest BCUT2D eigenvalue weighted by atomic mass is 127. The fourth-order valence-electron chi connectivity index (χ4n) is 2.01. The second kappa shape index (κ2) is 6.43. The normalized spacial score (nSPS) is 12.0. The standard InChI is InChI=1S/C16H15FINO2/c1-10(11-3-6-13(20)7-4-11)19(2)16(21)14-8-5-12(17)9-15(14)18/h3-10,20H,1-2H3. The minimum atomic E-state index is -0.356. The molecule has 0 saturated carbocycles. The number of phenolic OH excluding ortho intramolecular Hbond substituents is 1. The first kappa shape index (κ1) is 15.8. The molecule has 0 aliphatic heterocycles. The maximum absolute atomic E-state index is 13.1. The van der Waals surface area contributed by atoms with Crippen molar-refractivity contribution in [1.82, 2.24) is 4.90 Å². The van der Waals surface area contributed by atoms with Gasteiger partial charge >= 0.3 is 0 Å². The summed E-state index contributed by atoms with van der Waals surface area (Å²) in [5, 5.41) is 9.31. The first-order valence-corrected chi connectivity index (χ1v) is 7.49. The molecule has 1 atom stereocenters. The average molecular weight is 399 g/mol. The fourth-order valence-corrected chi connectivity index (χ4v) is 2.71. The predicted molar refractivity (Wildman–Crippen MR) is 87.7 cm³/mol. The van der Waals surface area contributed by atoms with Crippen LogP contribution < -0.4 is 0 Å². The van der Waals surface area contributed by atoms with E-state index in [1.165, 1.54) is 18.2 Å². The quantitative estimate of drug-likeness (QED) is 0.794. The molecule has 0 bridgehead atoms. The molecule has 0 aliphatic rings. The van der Waals surface area contributed by atoms with Crippen LogP contribution >= 0.6 is 22.6 Å². The lowest BCUT2D eigenvalue weighted by Gasteiger charge is -2.26. The van der Waals surface area contributed by atoms with Gasteiger partial charge in [0, 0.05) is 10.6 Å². The number of carbonyl (C=O) groups is 1. The number of benzene rings is 2. The number of hydrogen-bond acceptors (Lipinski definition) is 2. The van der Waals surface area contributed by atoms with Crippen LogP contribution in [0.5, 0.6) is 5.75 Å². The minimum Gasteiger partial charge on any atom is -0.508 e. The number of amides is 1. The third kappa shape index (κ3) is 3.53. The second-order valence-corrected chi connectivity index (χ2v) is 5.97. The molecule has 0 radical (unpaired) electrons. The molecule has 1 unspecified atom stereocenters. The Morgan fingerprint density at radius 3 is 2.43 bits per heavy atom. The number of carbonyl (C=O) groups excluding carboxylic acids is 1. The Labute approximate surface area is 136 Å². The van der Waals surface area contributed by atoms with Crippen LogP contribution in [0.15, 0.2) is 42.5 Å². The summed E-state index contributed by atoms with van der Waals surface area (Å²) in [7, 11) is 1.71. The van der Waals surface area contributed by atoms with Gasteiger partial charge in [-0.3, -0.25) is 4.79 Å². The van der Waals surface area contributed by atoms with Crippen molar-refractivity contribution in [3.8, 4) is 5.75 Å². The van der Waals surface area contributed by atoms with Crippen molar-refractivity contribution in [2.45, 2.75) is 13.0 Å². The molecule has 2 rings (SSSR count). The number of halogens is 2. The van der Waals surface area contributed by atoms with Crippen molar-refractivity contribution in [3.63, 3.8) is 0 Å². The summed E-state index contributed by atoms with van der Waals surface area (Å²) in [6, 6.07) is 10.7. The zero-order valence-electron chi connectivity index (χ0n) is 11.7. The van der Waals surface area contributed by atoms with Crippen LogP contribution in [-0.2, 0) is 0 Å². The van der Waals surface area contributed by atoms with E-state index in [9.17, 15) is 14.3 Å². The lowest BCUT2D eigenvalue weighted by Crippen LogP contribution is -2.30. The Bertz CT molecular complexity index is 658. The molecule has 2 aromatic rings. The SMILES string of the molecule is CC(c1ccc(O)cc1)N(C)C(=O)c1ccc(F)cc1I. The van der Waals surface area contributed by atoms with E-state index in [1.807, 2.05) is 29.5 Å². The summed E-state index contributed by atoms with van der Waals surface area (Å²) < 4.78 is 13.7. The lowest BCUT2D eigenvalue weighted by atomic mass is 10.1. The summed E-state index contributed by atoms with van der Waals surface area (Å²) in [6.07, 6.45) is 0. The van der Waals surface area contributed by atoms with Gasteiger partial charge in [0.05, 0.1) is 11.6 Å². The van der Waals surface area contributed by atoms with Crippen molar-refractivity contribution in [3.05, 3.63) is 63.0 Å². The highest BCUT2D eigenvalue weighted by molar-refractivity contribution is 14.1. The number of rotatable bonds is 3. The largest absolute Gasteiger partial charge is 0.508 e. The van der Waals surface area contributed by atoms with Crippen molar-refractivity contribution in [2.24, 2.45) is 0 Å². The van der Waals surface area contributed by atoms with Crippen LogP contribution in [0.1, 0.15) is 28.9 Å². The molecule has 5 heteroatoms. The van der Waals surface area contributed by atoms with Gasteiger partial charge in [-0.05, 0) is 65.4 Å².